The standard InChI is InChI=1S/C18H21F3O/c1-2-3-4-5-14-6-8-15(9-7-14)16-10-12-17(13-11-16)22-18(19,20)21/h2-5,10-15H,6-9H2,1H3. The van der Waals surface area contributed by atoms with Crippen molar-refractivity contribution < 1.29 is 17.9 Å². The van der Waals surface area contributed by atoms with E-state index in [1.807, 2.05) is 19.1 Å². The Balaban J connectivity index is 1.89. The fourth-order valence-electron chi connectivity index (χ4n) is 2.92. The molecule has 0 N–H and O–H groups in total. The molecule has 0 amide bonds. The number of rotatable bonds is 4. The number of hydrogen-bond donors (Lipinski definition) is 0. The number of ether oxygens (including phenoxy) is 1. The molecule has 1 aliphatic carbocycles. The minimum Gasteiger partial charge on any atom is -0.406 e. The Morgan fingerprint density at radius 2 is 1.64 bits per heavy atom. The minimum absolute atomic E-state index is 0.153. The van der Waals surface area contributed by atoms with E-state index in [1.54, 1.807) is 12.1 Å². The lowest BCUT2D eigenvalue weighted by Crippen LogP contribution is -2.17. The molecule has 1 aromatic carbocycles. The van der Waals surface area contributed by atoms with Gasteiger partial charge in [0.1, 0.15) is 5.75 Å². The van der Waals surface area contributed by atoms with Crippen molar-refractivity contribution in [3.05, 3.63) is 54.1 Å². The lowest BCUT2D eigenvalue weighted by Gasteiger charge is -2.27. The summed E-state index contributed by atoms with van der Waals surface area (Å²) in [4.78, 5) is 0. The SMILES string of the molecule is CC=CC=CC1CCC(c2ccc(OC(F)(F)F)cc2)CC1. The van der Waals surface area contributed by atoms with Gasteiger partial charge in [-0.25, -0.2) is 0 Å². The van der Waals surface area contributed by atoms with Gasteiger partial charge in [0.2, 0.25) is 0 Å². The average molecular weight is 310 g/mol. The van der Waals surface area contributed by atoms with Gasteiger partial charge in [-0.15, -0.1) is 13.2 Å². The monoisotopic (exact) mass is 310 g/mol. The molecule has 1 aromatic rings. The van der Waals surface area contributed by atoms with Gasteiger partial charge in [-0.2, -0.15) is 0 Å². The van der Waals surface area contributed by atoms with Crippen LogP contribution in [0.5, 0.6) is 5.75 Å². The van der Waals surface area contributed by atoms with Crippen LogP contribution in [0.25, 0.3) is 0 Å². The molecular formula is C18H21F3O. The van der Waals surface area contributed by atoms with Crippen LogP contribution >= 0.6 is 0 Å². The fraction of sp³-hybridized carbons (Fsp3) is 0.444. The third kappa shape index (κ3) is 5.24. The van der Waals surface area contributed by atoms with E-state index in [2.05, 4.69) is 16.9 Å². The Morgan fingerprint density at radius 3 is 2.18 bits per heavy atom. The Bertz CT molecular complexity index is 506. The lowest BCUT2D eigenvalue weighted by molar-refractivity contribution is -0.274. The second-order valence-electron chi connectivity index (χ2n) is 5.64. The van der Waals surface area contributed by atoms with Crippen LogP contribution in [-0.4, -0.2) is 6.36 Å². The Kier molecular flexibility index (Phi) is 5.69. The maximum atomic E-state index is 12.1. The molecule has 2 rings (SSSR count). The molecule has 1 aliphatic rings. The summed E-state index contributed by atoms with van der Waals surface area (Å²) in [5.74, 6) is 0.894. The van der Waals surface area contributed by atoms with Crippen molar-refractivity contribution in [1.82, 2.24) is 0 Å². The second kappa shape index (κ2) is 7.52. The highest BCUT2D eigenvalue weighted by atomic mass is 19.4. The molecular weight excluding hydrogens is 289 g/mol. The molecule has 0 atom stereocenters. The summed E-state index contributed by atoms with van der Waals surface area (Å²) in [6.45, 7) is 1.99. The minimum atomic E-state index is -4.63. The molecule has 0 aromatic heterocycles. The molecule has 1 fully saturated rings. The van der Waals surface area contributed by atoms with E-state index in [-0.39, 0.29) is 5.75 Å². The predicted octanol–water partition coefficient (Wildman–Crippen LogP) is 5.99. The van der Waals surface area contributed by atoms with Crippen molar-refractivity contribution >= 4 is 0 Å². The molecule has 0 spiro atoms. The molecule has 1 saturated carbocycles. The molecule has 0 unspecified atom stereocenters. The third-order valence-electron chi connectivity index (χ3n) is 4.04. The highest BCUT2D eigenvalue weighted by molar-refractivity contribution is 5.30. The molecule has 120 valence electrons. The van der Waals surface area contributed by atoms with Crippen LogP contribution in [-0.2, 0) is 0 Å². The van der Waals surface area contributed by atoms with Crippen LogP contribution in [0.4, 0.5) is 13.2 Å². The first-order valence-corrected chi connectivity index (χ1v) is 7.63. The van der Waals surface area contributed by atoms with Gasteiger partial charge in [0.05, 0.1) is 0 Å². The van der Waals surface area contributed by atoms with Crippen molar-refractivity contribution in [2.75, 3.05) is 0 Å². The zero-order valence-electron chi connectivity index (χ0n) is 12.6. The number of benzene rings is 1. The van der Waals surface area contributed by atoms with Crippen LogP contribution in [0.15, 0.2) is 48.6 Å². The normalized spacial score (nSPS) is 23.3. The molecule has 1 nitrogen and oxygen atoms in total. The van der Waals surface area contributed by atoms with E-state index in [0.29, 0.717) is 11.8 Å². The van der Waals surface area contributed by atoms with Crippen molar-refractivity contribution in [1.29, 1.82) is 0 Å². The van der Waals surface area contributed by atoms with E-state index >= 15 is 0 Å². The van der Waals surface area contributed by atoms with E-state index < -0.39 is 6.36 Å². The van der Waals surface area contributed by atoms with Crippen molar-refractivity contribution in [2.24, 2.45) is 5.92 Å². The summed E-state index contributed by atoms with van der Waals surface area (Å²) in [6, 6.07) is 6.31. The van der Waals surface area contributed by atoms with Crippen LogP contribution < -0.4 is 4.74 Å². The van der Waals surface area contributed by atoms with Crippen molar-refractivity contribution in [3.63, 3.8) is 0 Å². The van der Waals surface area contributed by atoms with Gasteiger partial charge in [0.15, 0.2) is 0 Å². The van der Waals surface area contributed by atoms with E-state index in [1.165, 1.54) is 12.1 Å². The maximum absolute atomic E-state index is 12.1. The van der Waals surface area contributed by atoms with Crippen LogP contribution in [0.2, 0.25) is 0 Å². The van der Waals surface area contributed by atoms with Gasteiger partial charge in [0, 0.05) is 0 Å². The third-order valence-corrected chi connectivity index (χ3v) is 4.04. The zero-order chi connectivity index (χ0) is 16.0. The lowest BCUT2D eigenvalue weighted by atomic mass is 9.78. The van der Waals surface area contributed by atoms with Crippen molar-refractivity contribution in [2.45, 2.75) is 44.9 Å². The first kappa shape index (κ1) is 16.7. The van der Waals surface area contributed by atoms with E-state index in [0.717, 1.165) is 31.2 Å². The molecule has 22 heavy (non-hydrogen) atoms. The summed E-state index contributed by atoms with van der Waals surface area (Å²) in [7, 11) is 0. The van der Waals surface area contributed by atoms with E-state index in [4.69, 9.17) is 0 Å². The highest BCUT2D eigenvalue weighted by Gasteiger charge is 2.31. The maximum Gasteiger partial charge on any atom is 0.573 e. The van der Waals surface area contributed by atoms with Crippen LogP contribution in [0.1, 0.15) is 44.1 Å². The summed E-state index contributed by atoms with van der Waals surface area (Å²) in [5.41, 5.74) is 1.10. The summed E-state index contributed by atoms with van der Waals surface area (Å²) >= 11 is 0. The zero-order valence-corrected chi connectivity index (χ0v) is 12.6. The first-order valence-electron chi connectivity index (χ1n) is 7.63. The van der Waals surface area contributed by atoms with Crippen molar-refractivity contribution in [3.8, 4) is 5.75 Å². The van der Waals surface area contributed by atoms with Crippen LogP contribution in [0, 0.1) is 5.92 Å². The summed E-state index contributed by atoms with van der Waals surface area (Å²) < 4.78 is 40.3. The number of allylic oxidation sites excluding steroid dienone is 4. The Hall–Kier alpha value is -1.71. The topological polar surface area (TPSA) is 9.23 Å². The quantitative estimate of drug-likeness (QED) is 0.620. The Labute approximate surface area is 129 Å². The van der Waals surface area contributed by atoms with Gasteiger partial charge in [-0.3, -0.25) is 0 Å². The highest BCUT2D eigenvalue weighted by Crippen LogP contribution is 2.37. The van der Waals surface area contributed by atoms with Gasteiger partial charge in [-0.1, -0.05) is 36.4 Å². The van der Waals surface area contributed by atoms with E-state index in [9.17, 15) is 13.2 Å². The molecule has 4 heteroatoms. The van der Waals surface area contributed by atoms with Gasteiger partial charge in [0.25, 0.3) is 0 Å². The first-order chi connectivity index (χ1) is 10.5. The van der Waals surface area contributed by atoms with Gasteiger partial charge < -0.3 is 4.74 Å². The molecule has 0 bridgehead atoms. The second-order valence-corrected chi connectivity index (χ2v) is 5.64. The number of alkyl halides is 3. The Morgan fingerprint density at radius 1 is 1.00 bits per heavy atom. The van der Waals surface area contributed by atoms with Gasteiger partial charge >= 0.3 is 6.36 Å². The number of halogens is 3. The molecule has 0 saturated heterocycles. The molecule has 0 radical (unpaired) electrons. The summed E-state index contributed by atoms with van der Waals surface area (Å²) in [6.07, 6.45) is 8.15. The largest absolute Gasteiger partial charge is 0.573 e. The van der Waals surface area contributed by atoms with Gasteiger partial charge in [-0.05, 0) is 62.1 Å². The molecule has 0 heterocycles. The molecule has 0 aliphatic heterocycles. The smallest absolute Gasteiger partial charge is 0.406 e. The average Bonchev–Trinajstić information content (AvgIpc) is 2.48. The summed E-state index contributed by atoms with van der Waals surface area (Å²) in [5, 5.41) is 0. The predicted molar refractivity (Wildman–Crippen MR) is 81.8 cm³/mol. The fourth-order valence-corrected chi connectivity index (χ4v) is 2.92. The van der Waals surface area contributed by atoms with Crippen LogP contribution in [0.3, 0.4) is 0 Å². The number of hydrogen-bond acceptors (Lipinski definition) is 1.